The van der Waals surface area contributed by atoms with Crippen molar-refractivity contribution in [2.24, 2.45) is 0 Å². The van der Waals surface area contributed by atoms with Crippen molar-refractivity contribution in [3.63, 3.8) is 0 Å². The van der Waals surface area contributed by atoms with E-state index in [1.807, 2.05) is 63.2 Å². The largest absolute Gasteiger partial charge is 0.368 e. The summed E-state index contributed by atoms with van der Waals surface area (Å²) < 4.78 is 1.78. The summed E-state index contributed by atoms with van der Waals surface area (Å²) in [5, 5.41) is 11.4. The number of nitrogens with one attached hydrogen (secondary N) is 2. The molecule has 0 atom stereocenters. The van der Waals surface area contributed by atoms with Gasteiger partial charge < -0.3 is 10.6 Å². The van der Waals surface area contributed by atoms with Crippen LogP contribution in [0.25, 0.3) is 16.4 Å². The standard InChI is InChI=1S/C22H23N7OS/c1-14-11-15(2)29(28-14)19-12-18(25-13-26-19)23-9-10-24-21(30)20-16(3)27-22(31-20)17-7-5-4-6-8-17/h4-8,11-13H,9-10H2,1-3H3,(H,24,30)(H,23,25,26). The van der Waals surface area contributed by atoms with E-state index in [1.165, 1.54) is 17.7 Å². The first-order valence-corrected chi connectivity index (χ1v) is 10.7. The van der Waals surface area contributed by atoms with E-state index in [0.29, 0.717) is 29.6 Å². The SMILES string of the molecule is Cc1cc(C)n(-c2cc(NCCNC(=O)c3sc(-c4ccccc4)nc3C)ncn2)n1. The summed E-state index contributed by atoms with van der Waals surface area (Å²) >= 11 is 1.40. The topological polar surface area (TPSA) is 97.6 Å². The number of aromatic nitrogens is 5. The molecule has 3 aromatic heterocycles. The van der Waals surface area contributed by atoms with Crippen LogP contribution in [-0.4, -0.2) is 43.7 Å². The Balaban J connectivity index is 1.33. The maximum Gasteiger partial charge on any atom is 0.263 e. The highest BCUT2D eigenvalue weighted by atomic mass is 32.1. The van der Waals surface area contributed by atoms with Crippen molar-refractivity contribution in [1.29, 1.82) is 0 Å². The summed E-state index contributed by atoms with van der Waals surface area (Å²) in [6.45, 7) is 6.77. The predicted molar refractivity (Wildman–Crippen MR) is 122 cm³/mol. The number of thiazole rings is 1. The molecule has 0 radical (unpaired) electrons. The number of carbonyl (C=O) groups is 1. The Morgan fingerprint density at radius 1 is 1.06 bits per heavy atom. The summed E-state index contributed by atoms with van der Waals surface area (Å²) in [6.07, 6.45) is 1.50. The smallest absolute Gasteiger partial charge is 0.263 e. The molecular formula is C22H23N7OS. The zero-order chi connectivity index (χ0) is 21.8. The lowest BCUT2D eigenvalue weighted by Gasteiger charge is -2.08. The van der Waals surface area contributed by atoms with E-state index in [0.717, 1.165) is 27.7 Å². The maximum absolute atomic E-state index is 12.6. The lowest BCUT2D eigenvalue weighted by atomic mass is 10.2. The van der Waals surface area contributed by atoms with Crippen LogP contribution in [0.4, 0.5) is 5.82 Å². The molecule has 0 aliphatic heterocycles. The quantitative estimate of drug-likeness (QED) is 0.433. The van der Waals surface area contributed by atoms with E-state index >= 15 is 0 Å². The Bertz CT molecular complexity index is 1200. The molecule has 0 bridgehead atoms. The average Bonchev–Trinajstić information content (AvgIpc) is 3.33. The van der Waals surface area contributed by atoms with Crippen LogP contribution in [0.1, 0.15) is 26.8 Å². The maximum atomic E-state index is 12.6. The summed E-state index contributed by atoms with van der Waals surface area (Å²) in [4.78, 5) is 26.3. The van der Waals surface area contributed by atoms with Crippen LogP contribution in [0.3, 0.4) is 0 Å². The number of hydrogen-bond acceptors (Lipinski definition) is 7. The van der Waals surface area contributed by atoms with Crippen LogP contribution < -0.4 is 10.6 Å². The van der Waals surface area contributed by atoms with E-state index in [-0.39, 0.29) is 5.91 Å². The first-order valence-electron chi connectivity index (χ1n) is 9.92. The summed E-state index contributed by atoms with van der Waals surface area (Å²) in [5.74, 6) is 1.25. The molecule has 4 aromatic rings. The number of nitrogens with zero attached hydrogens (tertiary/aromatic N) is 5. The molecule has 0 aliphatic rings. The predicted octanol–water partition coefficient (Wildman–Crippen LogP) is 3.55. The molecule has 3 heterocycles. The van der Waals surface area contributed by atoms with Crippen LogP contribution >= 0.6 is 11.3 Å². The van der Waals surface area contributed by atoms with Crippen molar-refractivity contribution in [3.05, 3.63) is 70.8 Å². The number of rotatable bonds is 7. The van der Waals surface area contributed by atoms with Gasteiger partial charge in [-0.25, -0.2) is 19.6 Å². The Labute approximate surface area is 184 Å². The molecule has 0 fully saturated rings. The highest BCUT2D eigenvalue weighted by Crippen LogP contribution is 2.27. The molecule has 0 saturated heterocycles. The third-order valence-corrected chi connectivity index (χ3v) is 5.82. The van der Waals surface area contributed by atoms with Crippen LogP contribution in [-0.2, 0) is 0 Å². The van der Waals surface area contributed by atoms with Gasteiger partial charge in [0.1, 0.15) is 22.0 Å². The van der Waals surface area contributed by atoms with Crippen molar-refractivity contribution in [2.45, 2.75) is 20.8 Å². The molecule has 0 spiro atoms. The normalized spacial score (nSPS) is 10.8. The molecule has 0 unspecified atom stereocenters. The number of anilines is 1. The number of benzene rings is 1. The summed E-state index contributed by atoms with van der Waals surface area (Å²) in [5.41, 5.74) is 3.68. The van der Waals surface area contributed by atoms with Gasteiger partial charge in [-0.2, -0.15) is 5.10 Å². The lowest BCUT2D eigenvalue weighted by molar-refractivity contribution is 0.0958. The molecule has 1 amide bonds. The van der Waals surface area contributed by atoms with Crippen molar-refractivity contribution in [1.82, 2.24) is 30.0 Å². The number of carbonyl (C=O) groups excluding carboxylic acids is 1. The summed E-state index contributed by atoms with van der Waals surface area (Å²) in [7, 11) is 0. The third-order valence-electron chi connectivity index (χ3n) is 4.62. The van der Waals surface area contributed by atoms with Crippen molar-refractivity contribution >= 4 is 23.1 Å². The van der Waals surface area contributed by atoms with Gasteiger partial charge in [0.25, 0.3) is 5.91 Å². The van der Waals surface area contributed by atoms with Gasteiger partial charge in [-0.15, -0.1) is 11.3 Å². The molecule has 1 aromatic carbocycles. The van der Waals surface area contributed by atoms with Gasteiger partial charge in [0.2, 0.25) is 0 Å². The van der Waals surface area contributed by atoms with Gasteiger partial charge in [-0.1, -0.05) is 30.3 Å². The Kier molecular flexibility index (Phi) is 6.03. The Hall–Kier alpha value is -3.59. The molecule has 31 heavy (non-hydrogen) atoms. The molecular weight excluding hydrogens is 410 g/mol. The van der Waals surface area contributed by atoms with Crippen molar-refractivity contribution in [3.8, 4) is 16.4 Å². The fourth-order valence-electron chi connectivity index (χ4n) is 3.18. The van der Waals surface area contributed by atoms with E-state index in [4.69, 9.17) is 0 Å². The molecule has 2 N–H and O–H groups in total. The fourth-order valence-corrected chi connectivity index (χ4v) is 4.17. The minimum atomic E-state index is -0.120. The van der Waals surface area contributed by atoms with Crippen molar-refractivity contribution in [2.75, 3.05) is 18.4 Å². The summed E-state index contributed by atoms with van der Waals surface area (Å²) in [6, 6.07) is 13.7. The molecule has 8 nitrogen and oxygen atoms in total. The first-order chi connectivity index (χ1) is 15.0. The fraction of sp³-hybridized carbons (Fsp3) is 0.227. The molecule has 158 valence electrons. The second-order valence-electron chi connectivity index (χ2n) is 7.08. The zero-order valence-corrected chi connectivity index (χ0v) is 18.4. The van der Waals surface area contributed by atoms with E-state index in [1.54, 1.807) is 4.68 Å². The highest BCUT2D eigenvalue weighted by Gasteiger charge is 2.15. The first kappa shape index (κ1) is 20.7. The highest BCUT2D eigenvalue weighted by molar-refractivity contribution is 7.17. The van der Waals surface area contributed by atoms with Gasteiger partial charge in [-0.05, 0) is 26.8 Å². The van der Waals surface area contributed by atoms with Crippen molar-refractivity contribution < 1.29 is 4.79 Å². The second-order valence-corrected chi connectivity index (χ2v) is 8.08. The van der Waals surface area contributed by atoms with E-state index in [9.17, 15) is 4.79 Å². The van der Waals surface area contributed by atoms with Gasteiger partial charge in [0.15, 0.2) is 5.82 Å². The number of aryl methyl sites for hydroxylation is 3. The lowest BCUT2D eigenvalue weighted by Crippen LogP contribution is -2.28. The number of hydrogen-bond donors (Lipinski definition) is 2. The van der Waals surface area contributed by atoms with Gasteiger partial charge >= 0.3 is 0 Å². The molecule has 4 rings (SSSR count). The van der Waals surface area contributed by atoms with Gasteiger partial charge in [0.05, 0.1) is 11.4 Å². The Morgan fingerprint density at radius 3 is 2.61 bits per heavy atom. The second kappa shape index (κ2) is 9.05. The van der Waals surface area contributed by atoms with E-state index in [2.05, 4.69) is 30.7 Å². The number of amides is 1. The monoisotopic (exact) mass is 433 g/mol. The van der Waals surface area contributed by atoms with Crippen LogP contribution in [0, 0.1) is 20.8 Å². The zero-order valence-electron chi connectivity index (χ0n) is 17.6. The minimum absolute atomic E-state index is 0.120. The van der Waals surface area contributed by atoms with Gasteiger partial charge in [0, 0.05) is 30.4 Å². The Morgan fingerprint density at radius 2 is 1.87 bits per heavy atom. The van der Waals surface area contributed by atoms with E-state index < -0.39 is 0 Å². The molecule has 9 heteroatoms. The van der Waals surface area contributed by atoms with Crippen LogP contribution in [0.5, 0.6) is 0 Å². The molecule has 0 aliphatic carbocycles. The van der Waals surface area contributed by atoms with Crippen LogP contribution in [0.15, 0.2) is 48.8 Å². The average molecular weight is 434 g/mol. The third kappa shape index (κ3) is 4.77. The minimum Gasteiger partial charge on any atom is -0.368 e. The van der Waals surface area contributed by atoms with Crippen LogP contribution in [0.2, 0.25) is 0 Å². The molecule has 0 saturated carbocycles. The van der Waals surface area contributed by atoms with Gasteiger partial charge in [-0.3, -0.25) is 4.79 Å².